The highest BCUT2D eigenvalue weighted by atomic mass is 28.4. The third-order valence-corrected chi connectivity index (χ3v) is 3.52. The van der Waals surface area contributed by atoms with Gasteiger partial charge in [-0.05, 0) is 56.6 Å². The first-order valence-corrected chi connectivity index (χ1v) is 10.2. The number of carbonyl (C=O) groups is 1. The molecule has 0 spiro atoms. The zero-order valence-corrected chi connectivity index (χ0v) is 13.4. The van der Waals surface area contributed by atoms with Crippen molar-refractivity contribution in [2.45, 2.75) is 45.3 Å². The predicted octanol–water partition coefficient (Wildman–Crippen LogP) is 3.79. The van der Waals surface area contributed by atoms with E-state index in [4.69, 9.17) is 9.16 Å². The molecule has 0 radical (unpaired) electrons. The lowest BCUT2D eigenvalue weighted by Crippen LogP contribution is -2.28. The van der Waals surface area contributed by atoms with Crippen LogP contribution in [0.2, 0.25) is 19.6 Å². The van der Waals surface area contributed by atoms with Gasteiger partial charge in [-0.2, -0.15) is 0 Å². The van der Waals surface area contributed by atoms with Gasteiger partial charge in [-0.25, -0.2) is 0 Å². The summed E-state index contributed by atoms with van der Waals surface area (Å²) in [7, 11) is -0.0526. The van der Waals surface area contributed by atoms with Gasteiger partial charge < -0.3 is 9.16 Å². The number of aryl methyl sites for hydroxylation is 1. The van der Waals surface area contributed by atoms with E-state index in [0.717, 1.165) is 25.0 Å². The maximum atomic E-state index is 11.5. The topological polar surface area (TPSA) is 35.5 Å². The molecule has 0 amide bonds. The van der Waals surface area contributed by atoms with Crippen molar-refractivity contribution in [2.24, 2.45) is 0 Å². The van der Waals surface area contributed by atoms with E-state index in [1.807, 2.05) is 31.8 Å². The smallest absolute Gasteiger partial charge is 0.292 e. The van der Waals surface area contributed by atoms with E-state index in [1.165, 1.54) is 5.56 Å². The van der Waals surface area contributed by atoms with E-state index in [2.05, 4.69) is 12.1 Å². The molecule has 0 heterocycles. The summed E-state index contributed by atoms with van der Waals surface area (Å²) in [5, 5.41) is 0. The summed E-state index contributed by atoms with van der Waals surface area (Å²) >= 11 is 0. The van der Waals surface area contributed by atoms with Crippen LogP contribution in [0.5, 0.6) is 5.75 Å². The highest BCUT2D eigenvalue weighted by Gasteiger charge is 2.19. The van der Waals surface area contributed by atoms with Gasteiger partial charge in [0.2, 0.25) is 8.32 Å². The van der Waals surface area contributed by atoms with Gasteiger partial charge in [-0.3, -0.25) is 4.79 Å². The Kier molecular flexibility index (Phi) is 6.08. The van der Waals surface area contributed by atoms with Crippen LogP contribution in [0.15, 0.2) is 24.3 Å². The number of rotatable bonds is 7. The van der Waals surface area contributed by atoms with Crippen molar-refractivity contribution in [1.29, 1.82) is 0 Å². The molecule has 106 valence electrons. The van der Waals surface area contributed by atoms with Crippen LogP contribution < -0.4 is 4.74 Å². The van der Waals surface area contributed by atoms with E-state index < -0.39 is 8.32 Å². The lowest BCUT2D eigenvalue weighted by molar-refractivity contribution is -0.135. The van der Waals surface area contributed by atoms with Crippen LogP contribution in [-0.4, -0.2) is 21.4 Å². The van der Waals surface area contributed by atoms with Gasteiger partial charge in [-0.15, -0.1) is 0 Å². The van der Waals surface area contributed by atoms with Crippen LogP contribution in [-0.2, 0) is 15.6 Å². The maximum absolute atomic E-state index is 11.5. The van der Waals surface area contributed by atoms with E-state index in [1.54, 1.807) is 7.11 Å². The van der Waals surface area contributed by atoms with Crippen LogP contribution in [0.3, 0.4) is 0 Å². The number of benzene rings is 1. The number of carbonyl (C=O) groups excluding carboxylic acids is 1. The number of methoxy groups -OCH3 is 1. The Morgan fingerprint density at radius 3 is 2.26 bits per heavy atom. The fraction of sp³-hybridized carbons (Fsp3) is 0.533. The Labute approximate surface area is 117 Å². The number of hydrogen-bond acceptors (Lipinski definition) is 3. The summed E-state index contributed by atoms with van der Waals surface area (Å²) in [6.45, 7) is 6.09. The Morgan fingerprint density at radius 1 is 1.11 bits per heavy atom. The van der Waals surface area contributed by atoms with Gasteiger partial charge in [0.15, 0.2) is 0 Å². The standard InChI is InChI=1S/C15H24O3Si/c1-17-14-11-9-13(10-12-14)7-5-6-8-15(16)18-19(2,3)4/h9-12H,5-8H2,1-4H3. The predicted molar refractivity (Wildman–Crippen MR) is 80.0 cm³/mol. The van der Waals surface area contributed by atoms with Crippen molar-refractivity contribution in [3.05, 3.63) is 29.8 Å². The molecule has 0 aliphatic carbocycles. The molecule has 0 saturated carbocycles. The average Bonchev–Trinajstić information content (AvgIpc) is 2.33. The van der Waals surface area contributed by atoms with E-state index in [9.17, 15) is 4.79 Å². The SMILES string of the molecule is COc1ccc(CCCCC(=O)O[Si](C)(C)C)cc1. The first kappa shape index (κ1) is 15.8. The summed E-state index contributed by atoms with van der Waals surface area (Å²) < 4.78 is 10.5. The quantitative estimate of drug-likeness (QED) is 0.563. The second-order valence-corrected chi connectivity index (χ2v) is 10.1. The minimum Gasteiger partial charge on any atom is -0.520 e. The minimum absolute atomic E-state index is 0.0473. The molecule has 0 bridgehead atoms. The maximum Gasteiger partial charge on any atom is 0.292 e. The van der Waals surface area contributed by atoms with Crippen molar-refractivity contribution in [3.8, 4) is 5.75 Å². The van der Waals surface area contributed by atoms with E-state index >= 15 is 0 Å². The molecular weight excluding hydrogens is 256 g/mol. The van der Waals surface area contributed by atoms with Gasteiger partial charge in [0.25, 0.3) is 5.97 Å². The van der Waals surface area contributed by atoms with Crippen molar-refractivity contribution in [2.75, 3.05) is 7.11 Å². The highest BCUT2D eigenvalue weighted by molar-refractivity contribution is 6.71. The molecule has 1 rings (SSSR count). The second kappa shape index (κ2) is 7.33. The molecular formula is C15H24O3Si. The molecule has 0 atom stereocenters. The van der Waals surface area contributed by atoms with Gasteiger partial charge in [-0.1, -0.05) is 12.1 Å². The normalized spacial score (nSPS) is 11.2. The largest absolute Gasteiger partial charge is 0.520 e. The van der Waals surface area contributed by atoms with Crippen molar-refractivity contribution < 1.29 is 14.0 Å². The molecule has 0 saturated heterocycles. The molecule has 0 aromatic heterocycles. The Bertz CT molecular complexity index is 393. The Balaban J connectivity index is 2.21. The van der Waals surface area contributed by atoms with Crippen LogP contribution in [0, 0.1) is 0 Å². The van der Waals surface area contributed by atoms with Gasteiger partial charge >= 0.3 is 0 Å². The zero-order valence-electron chi connectivity index (χ0n) is 12.4. The van der Waals surface area contributed by atoms with Gasteiger partial charge in [0.05, 0.1) is 7.11 Å². The first-order valence-electron chi connectivity index (χ1n) is 6.75. The van der Waals surface area contributed by atoms with Crippen molar-refractivity contribution in [1.82, 2.24) is 0 Å². The lowest BCUT2D eigenvalue weighted by atomic mass is 10.1. The number of unbranched alkanes of at least 4 members (excludes halogenated alkanes) is 1. The zero-order chi connectivity index (χ0) is 14.3. The molecule has 1 aromatic rings. The Hall–Kier alpha value is -1.29. The van der Waals surface area contributed by atoms with E-state index in [-0.39, 0.29) is 5.97 Å². The fourth-order valence-corrected chi connectivity index (χ4v) is 2.57. The first-order chi connectivity index (χ1) is 8.90. The molecule has 0 aliphatic heterocycles. The molecule has 0 unspecified atom stereocenters. The summed E-state index contributed by atoms with van der Waals surface area (Å²) in [4.78, 5) is 11.5. The summed E-state index contributed by atoms with van der Waals surface area (Å²) in [5.41, 5.74) is 1.28. The molecule has 3 nitrogen and oxygen atoms in total. The summed E-state index contributed by atoms with van der Waals surface area (Å²) in [5.74, 6) is 0.830. The fourth-order valence-electron chi connectivity index (χ4n) is 1.78. The third-order valence-electron chi connectivity index (χ3n) is 2.68. The van der Waals surface area contributed by atoms with Crippen LogP contribution in [0.25, 0.3) is 0 Å². The van der Waals surface area contributed by atoms with Crippen LogP contribution in [0.4, 0.5) is 0 Å². The van der Waals surface area contributed by atoms with Crippen molar-refractivity contribution in [3.63, 3.8) is 0 Å². The molecule has 0 aliphatic rings. The van der Waals surface area contributed by atoms with Gasteiger partial charge in [0.1, 0.15) is 5.75 Å². The molecule has 1 aromatic carbocycles. The monoisotopic (exact) mass is 280 g/mol. The van der Waals surface area contributed by atoms with Crippen LogP contribution in [0.1, 0.15) is 24.8 Å². The lowest BCUT2D eigenvalue weighted by Gasteiger charge is -2.17. The summed E-state index contributed by atoms with van der Waals surface area (Å²) in [6.07, 6.45) is 3.41. The second-order valence-electron chi connectivity index (χ2n) is 5.64. The van der Waals surface area contributed by atoms with E-state index in [0.29, 0.717) is 6.42 Å². The minimum atomic E-state index is -1.72. The third kappa shape index (κ3) is 7.01. The molecule has 19 heavy (non-hydrogen) atoms. The molecule has 0 N–H and O–H groups in total. The average molecular weight is 280 g/mol. The highest BCUT2D eigenvalue weighted by Crippen LogP contribution is 2.14. The number of ether oxygens (including phenoxy) is 1. The van der Waals surface area contributed by atoms with Gasteiger partial charge in [0, 0.05) is 6.42 Å². The van der Waals surface area contributed by atoms with Crippen LogP contribution >= 0.6 is 0 Å². The number of hydrogen-bond donors (Lipinski definition) is 0. The molecule has 0 fully saturated rings. The summed E-state index contributed by atoms with van der Waals surface area (Å²) in [6, 6.07) is 8.07. The Morgan fingerprint density at radius 2 is 1.74 bits per heavy atom. The van der Waals surface area contributed by atoms with Crippen molar-refractivity contribution >= 4 is 14.3 Å². The molecule has 4 heteroatoms.